The van der Waals surface area contributed by atoms with Crippen molar-refractivity contribution in [3.8, 4) is 0 Å². The van der Waals surface area contributed by atoms with Crippen molar-refractivity contribution in [3.05, 3.63) is 66.1 Å². The summed E-state index contributed by atoms with van der Waals surface area (Å²) in [6.45, 7) is 4.32. The predicted molar refractivity (Wildman–Crippen MR) is 64.9 cm³/mol. The third-order valence-corrected chi connectivity index (χ3v) is 2.66. The van der Waals surface area contributed by atoms with Gasteiger partial charge in [-0.05, 0) is 41.3 Å². The molecule has 2 heteroatoms. The van der Waals surface area contributed by atoms with E-state index in [2.05, 4.69) is 48.1 Å². The molecule has 81 valence electrons. The Balaban J connectivity index is 2.40. The minimum Gasteiger partial charge on any atom is -0.265 e. The lowest BCUT2D eigenvalue weighted by molar-refractivity contribution is 0.814. The Bertz CT molecular complexity index is 384. The highest BCUT2D eigenvalue weighted by Crippen LogP contribution is 2.32. The van der Waals surface area contributed by atoms with Crippen LogP contribution in [-0.2, 0) is 0 Å². The van der Waals surface area contributed by atoms with Crippen molar-refractivity contribution in [3.63, 3.8) is 0 Å². The summed E-state index contributed by atoms with van der Waals surface area (Å²) in [7, 11) is 0. The van der Waals surface area contributed by atoms with Gasteiger partial charge in [0.05, 0.1) is 0 Å². The maximum Gasteiger partial charge on any atom is 0.0270 e. The molecule has 0 amide bonds. The van der Waals surface area contributed by atoms with Crippen molar-refractivity contribution in [1.82, 2.24) is 9.97 Å². The van der Waals surface area contributed by atoms with E-state index in [-0.39, 0.29) is 0 Å². The maximum atomic E-state index is 4.06. The molecule has 0 aliphatic heterocycles. The van der Waals surface area contributed by atoms with Gasteiger partial charge in [-0.2, -0.15) is 0 Å². The first kappa shape index (κ1) is 10.8. The van der Waals surface area contributed by atoms with Crippen LogP contribution in [0.5, 0.6) is 0 Å². The summed E-state index contributed by atoms with van der Waals surface area (Å²) in [5, 5.41) is 0. The molecule has 0 saturated carbocycles. The first-order valence-corrected chi connectivity index (χ1v) is 5.39. The fraction of sp³-hybridized carbons (Fsp3) is 0.214. The SMILES string of the molecule is C[C](C)C(c1ccncc1)c1ccncc1. The van der Waals surface area contributed by atoms with E-state index in [1.807, 2.05) is 24.8 Å². The summed E-state index contributed by atoms with van der Waals surface area (Å²) in [6.07, 6.45) is 7.36. The van der Waals surface area contributed by atoms with E-state index in [4.69, 9.17) is 0 Å². The molecule has 2 rings (SSSR count). The largest absolute Gasteiger partial charge is 0.265 e. The number of rotatable bonds is 3. The highest BCUT2D eigenvalue weighted by molar-refractivity contribution is 5.35. The average molecular weight is 211 g/mol. The summed E-state index contributed by atoms with van der Waals surface area (Å²) in [5.74, 6) is 1.71. The average Bonchev–Trinajstić information content (AvgIpc) is 2.31. The second-order valence-electron chi connectivity index (χ2n) is 4.07. The zero-order valence-corrected chi connectivity index (χ0v) is 9.59. The van der Waals surface area contributed by atoms with E-state index in [0.717, 1.165) is 0 Å². The number of aromatic nitrogens is 2. The molecule has 16 heavy (non-hydrogen) atoms. The minimum absolute atomic E-state index is 0.339. The van der Waals surface area contributed by atoms with Crippen LogP contribution in [-0.4, -0.2) is 9.97 Å². The van der Waals surface area contributed by atoms with E-state index in [1.54, 1.807) is 0 Å². The maximum absolute atomic E-state index is 4.06. The summed E-state index contributed by atoms with van der Waals surface area (Å²) in [6, 6.07) is 8.27. The van der Waals surface area contributed by atoms with E-state index >= 15 is 0 Å². The molecule has 2 aromatic heterocycles. The first-order chi connectivity index (χ1) is 7.79. The molecule has 2 aromatic rings. The molecule has 0 aliphatic rings. The highest BCUT2D eigenvalue weighted by Gasteiger charge is 2.17. The monoisotopic (exact) mass is 211 g/mol. The molecule has 0 bridgehead atoms. The van der Waals surface area contributed by atoms with Gasteiger partial charge in [-0.3, -0.25) is 9.97 Å². The molecular formula is C14H15N2. The Morgan fingerprint density at radius 1 is 0.812 bits per heavy atom. The zero-order chi connectivity index (χ0) is 11.4. The number of hydrogen-bond donors (Lipinski definition) is 0. The van der Waals surface area contributed by atoms with Crippen LogP contribution in [0.2, 0.25) is 0 Å². The molecule has 2 nitrogen and oxygen atoms in total. The van der Waals surface area contributed by atoms with Crippen LogP contribution in [0, 0.1) is 5.92 Å². The van der Waals surface area contributed by atoms with Crippen LogP contribution < -0.4 is 0 Å². The number of hydrogen-bond acceptors (Lipinski definition) is 2. The lowest BCUT2D eigenvalue weighted by Crippen LogP contribution is -2.07. The van der Waals surface area contributed by atoms with Gasteiger partial charge >= 0.3 is 0 Å². The Labute approximate surface area is 96.4 Å². The zero-order valence-electron chi connectivity index (χ0n) is 9.59. The predicted octanol–water partition coefficient (Wildman–Crippen LogP) is 3.22. The van der Waals surface area contributed by atoms with Gasteiger partial charge in [0, 0.05) is 30.7 Å². The van der Waals surface area contributed by atoms with Crippen molar-refractivity contribution < 1.29 is 0 Å². The first-order valence-electron chi connectivity index (χ1n) is 5.39. The van der Waals surface area contributed by atoms with Crippen molar-refractivity contribution in [2.24, 2.45) is 0 Å². The van der Waals surface area contributed by atoms with E-state index in [0.29, 0.717) is 5.92 Å². The van der Waals surface area contributed by atoms with Gasteiger partial charge in [0.15, 0.2) is 0 Å². The molecule has 2 heterocycles. The van der Waals surface area contributed by atoms with Crippen molar-refractivity contribution in [2.45, 2.75) is 19.8 Å². The van der Waals surface area contributed by atoms with Gasteiger partial charge < -0.3 is 0 Å². The summed E-state index contributed by atoms with van der Waals surface area (Å²) in [5.41, 5.74) is 2.56. The van der Waals surface area contributed by atoms with E-state index in [9.17, 15) is 0 Å². The molecule has 0 atom stereocenters. The Morgan fingerprint density at radius 3 is 1.50 bits per heavy atom. The van der Waals surface area contributed by atoms with Gasteiger partial charge in [0.25, 0.3) is 0 Å². The fourth-order valence-electron chi connectivity index (χ4n) is 1.97. The Hall–Kier alpha value is -1.70. The summed E-state index contributed by atoms with van der Waals surface area (Å²) in [4.78, 5) is 8.12. The quantitative estimate of drug-likeness (QED) is 0.779. The third kappa shape index (κ3) is 2.27. The fourth-order valence-corrected chi connectivity index (χ4v) is 1.97. The molecule has 0 unspecified atom stereocenters. The van der Waals surface area contributed by atoms with Crippen LogP contribution in [0.1, 0.15) is 30.9 Å². The molecular weight excluding hydrogens is 196 g/mol. The number of pyridine rings is 2. The topological polar surface area (TPSA) is 25.8 Å². The standard InChI is InChI=1S/C14H15N2/c1-11(2)14(12-3-7-15-8-4-12)13-5-9-16-10-6-13/h3-10,14H,1-2H3. The van der Waals surface area contributed by atoms with Crippen LogP contribution >= 0.6 is 0 Å². The van der Waals surface area contributed by atoms with Crippen molar-refractivity contribution in [2.75, 3.05) is 0 Å². The van der Waals surface area contributed by atoms with Crippen LogP contribution in [0.15, 0.2) is 49.1 Å². The van der Waals surface area contributed by atoms with Crippen molar-refractivity contribution in [1.29, 1.82) is 0 Å². The second-order valence-corrected chi connectivity index (χ2v) is 4.07. The second kappa shape index (κ2) is 4.88. The molecule has 0 saturated heterocycles. The van der Waals surface area contributed by atoms with Gasteiger partial charge in [-0.25, -0.2) is 0 Å². The summed E-state index contributed by atoms with van der Waals surface area (Å²) >= 11 is 0. The molecule has 0 spiro atoms. The molecule has 0 N–H and O–H groups in total. The van der Waals surface area contributed by atoms with Crippen LogP contribution in [0.3, 0.4) is 0 Å². The molecule has 0 fully saturated rings. The normalized spacial score (nSPS) is 11.0. The smallest absolute Gasteiger partial charge is 0.0270 e. The third-order valence-electron chi connectivity index (χ3n) is 2.66. The molecule has 0 aromatic carbocycles. The van der Waals surface area contributed by atoms with Gasteiger partial charge in [0.2, 0.25) is 0 Å². The van der Waals surface area contributed by atoms with E-state index in [1.165, 1.54) is 17.0 Å². The molecule has 0 aliphatic carbocycles. The summed E-state index contributed by atoms with van der Waals surface area (Å²) < 4.78 is 0. The van der Waals surface area contributed by atoms with Crippen LogP contribution in [0.25, 0.3) is 0 Å². The Kier molecular flexibility index (Phi) is 3.30. The lowest BCUT2D eigenvalue weighted by atomic mass is 9.83. The number of nitrogens with zero attached hydrogens (tertiary/aromatic N) is 2. The van der Waals surface area contributed by atoms with Crippen LogP contribution in [0.4, 0.5) is 0 Å². The van der Waals surface area contributed by atoms with E-state index < -0.39 is 0 Å². The molecule has 1 radical (unpaired) electrons. The van der Waals surface area contributed by atoms with Gasteiger partial charge in [-0.1, -0.05) is 13.8 Å². The Morgan fingerprint density at radius 2 is 1.19 bits per heavy atom. The lowest BCUT2D eigenvalue weighted by Gasteiger charge is -2.21. The van der Waals surface area contributed by atoms with Gasteiger partial charge in [0.1, 0.15) is 0 Å². The highest BCUT2D eigenvalue weighted by atomic mass is 14.6. The van der Waals surface area contributed by atoms with Gasteiger partial charge in [-0.15, -0.1) is 0 Å². The van der Waals surface area contributed by atoms with Crippen molar-refractivity contribution >= 4 is 0 Å². The minimum atomic E-state index is 0.339.